The van der Waals surface area contributed by atoms with Crippen LogP contribution in [0.15, 0.2) is 16.1 Å². The van der Waals surface area contributed by atoms with Crippen LogP contribution in [0.5, 0.6) is 0 Å². The number of aliphatic imine (C=N–C) groups is 1. The number of hydrogen-bond donors (Lipinski definition) is 0. The lowest BCUT2D eigenvalue weighted by molar-refractivity contribution is -0.125. The molecule has 0 spiro atoms. The molecule has 0 unspecified atom stereocenters. The monoisotopic (exact) mass is 198 g/mol. The number of hydrogen-bond acceptors (Lipinski definition) is 3. The maximum Gasteiger partial charge on any atom is 0.261 e. The van der Waals surface area contributed by atoms with E-state index in [9.17, 15) is 4.79 Å². The molecule has 1 rings (SSSR count). The van der Waals surface area contributed by atoms with E-state index in [1.165, 1.54) is 18.0 Å². The van der Waals surface area contributed by atoms with Gasteiger partial charge in [0.1, 0.15) is 0 Å². The Balaban J connectivity index is 2.62. The molecule has 0 aliphatic carbocycles. The summed E-state index contributed by atoms with van der Waals surface area (Å²) < 4.78 is 0. The van der Waals surface area contributed by atoms with Gasteiger partial charge < -0.3 is 4.90 Å². The van der Waals surface area contributed by atoms with E-state index in [0.29, 0.717) is 4.91 Å². The standard InChI is InChI=1S/C9H14N2OS/c1-10-7-8(13-2)9(12)11-5-3-4-6-11/h7H,1,3-6H2,2H3/b8-7-. The largest absolute Gasteiger partial charge is 0.338 e. The number of rotatable bonds is 3. The highest BCUT2D eigenvalue weighted by Crippen LogP contribution is 2.18. The van der Waals surface area contributed by atoms with Crippen molar-refractivity contribution in [3.63, 3.8) is 0 Å². The van der Waals surface area contributed by atoms with Crippen LogP contribution in [-0.2, 0) is 4.79 Å². The third kappa shape index (κ3) is 2.59. The minimum absolute atomic E-state index is 0.0948. The molecule has 1 fully saturated rings. The van der Waals surface area contributed by atoms with Crippen LogP contribution in [0.4, 0.5) is 0 Å². The molecule has 0 aromatic heterocycles. The van der Waals surface area contributed by atoms with E-state index in [1.54, 1.807) is 0 Å². The minimum atomic E-state index is 0.0948. The van der Waals surface area contributed by atoms with Crippen LogP contribution < -0.4 is 0 Å². The number of amides is 1. The molecule has 1 aliphatic heterocycles. The highest BCUT2D eigenvalue weighted by atomic mass is 32.2. The Morgan fingerprint density at radius 2 is 2.15 bits per heavy atom. The zero-order valence-corrected chi connectivity index (χ0v) is 8.64. The number of likely N-dealkylation sites (tertiary alicyclic amines) is 1. The molecule has 1 aliphatic rings. The summed E-state index contributed by atoms with van der Waals surface area (Å²) in [7, 11) is 0. The predicted molar refractivity (Wildman–Crippen MR) is 57.0 cm³/mol. The predicted octanol–water partition coefficient (Wildman–Crippen LogP) is 1.51. The Labute approximate surface area is 82.9 Å². The van der Waals surface area contributed by atoms with Gasteiger partial charge in [0.25, 0.3) is 5.91 Å². The van der Waals surface area contributed by atoms with Crippen LogP contribution in [0.1, 0.15) is 12.8 Å². The smallest absolute Gasteiger partial charge is 0.261 e. The van der Waals surface area contributed by atoms with Gasteiger partial charge in [-0.15, -0.1) is 11.8 Å². The van der Waals surface area contributed by atoms with Gasteiger partial charge in [-0.25, -0.2) is 0 Å². The van der Waals surface area contributed by atoms with E-state index in [2.05, 4.69) is 11.7 Å². The van der Waals surface area contributed by atoms with E-state index in [4.69, 9.17) is 0 Å². The molecule has 0 radical (unpaired) electrons. The van der Waals surface area contributed by atoms with Crippen molar-refractivity contribution in [2.45, 2.75) is 12.8 Å². The van der Waals surface area contributed by atoms with E-state index in [0.717, 1.165) is 25.9 Å². The van der Waals surface area contributed by atoms with Gasteiger partial charge in [-0.1, -0.05) is 0 Å². The first kappa shape index (κ1) is 10.3. The first-order valence-electron chi connectivity index (χ1n) is 4.29. The molecule has 0 N–H and O–H groups in total. The molecule has 1 saturated heterocycles. The summed E-state index contributed by atoms with van der Waals surface area (Å²) in [6.07, 6.45) is 5.65. The first-order chi connectivity index (χ1) is 6.29. The Hall–Kier alpha value is -0.770. The normalized spacial score (nSPS) is 17.6. The van der Waals surface area contributed by atoms with Crippen LogP contribution >= 0.6 is 11.8 Å². The zero-order chi connectivity index (χ0) is 9.68. The molecule has 0 aromatic carbocycles. The number of carbonyl (C=O) groups excluding carboxylic acids is 1. The molecule has 3 nitrogen and oxygen atoms in total. The van der Waals surface area contributed by atoms with Crippen LogP contribution in [0.3, 0.4) is 0 Å². The maximum atomic E-state index is 11.7. The average molecular weight is 198 g/mol. The van der Waals surface area contributed by atoms with Crippen molar-refractivity contribution in [1.29, 1.82) is 0 Å². The van der Waals surface area contributed by atoms with E-state index in [1.807, 2.05) is 11.2 Å². The molecular weight excluding hydrogens is 184 g/mol. The van der Waals surface area contributed by atoms with Gasteiger partial charge >= 0.3 is 0 Å². The van der Waals surface area contributed by atoms with Gasteiger partial charge in [-0.2, -0.15) is 0 Å². The Kier molecular flexibility index (Phi) is 4.02. The van der Waals surface area contributed by atoms with Crippen molar-refractivity contribution >= 4 is 24.4 Å². The van der Waals surface area contributed by atoms with Crippen molar-refractivity contribution in [3.8, 4) is 0 Å². The first-order valence-corrected chi connectivity index (χ1v) is 5.51. The molecule has 0 bridgehead atoms. The topological polar surface area (TPSA) is 32.7 Å². The summed E-state index contributed by atoms with van der Waals surface area (Å²) in [4.78, 5) is 17.9. The Bertz CT molecular complexity index is 232. The lowest BCUT2D eigenvalue weighted by atomic mass is 10.4. The minimum Gasteiger partial charge on any atom is -0.338 e. The van der Waals surface area contributed by atoms with Crippen molar-refractivity contribution in [2.24, 2.45) is 4.99 Å². The van der Waals surface area contributed by atoms with Crippen LogP contribution in [0.25, 0.3) is 0 Å². The fraction of sp³-hybridized carbons (Fsp3) is 0.556. The molecule has 72 valence electrons. The fourth-order valence-corrected chi connectivity index (χ4v) is 1.84. The van der Waals surface area contributed by atoms with Crippen molar-refractivity contribution < 1.29 is 4.79 Å². The Morgan fingerprint density at radius 1 is 1.54 bits per heavy atom. The lowest BCUT2D eigenvalue weighted by Crippen LogP contribution is -2.28. The molecule has 0 aromatic rings. The van der Waals surface area contributed by atoms with Crippen molar-refractivity contribution in [1.82, 2.24) is 4.90 Å². The maximum absolute atomic E-state index is 11.7. The molecule has 1 amide bonds. The quantitative estimate of drug-likeness (QED) is 0.508. The van der Waals surface area contributed by atoms with Gasteiger partial charge in [-0.3, -0.25) is 9.79 Å². The second-order valence-electron chi connectivity index (χ2n) is 2.88. The molecule has 0 saturated carbocycles. The zero-order valence-electron chi connectivity index (χ0n) is 7.82. The lowest BCUT2D eigenvalue weighted by Gasteiger charge is -2.15. The SMILES string of the molecule is C=N/C=C(\SC)C(=O)N1CCCC1. The Morgan fingerprint density at radius 3 is 2.62 bits per heavy atom. The van der Waals surface area contributed by atoms with Crippen molar-refractivity contribution in [2.75, 3.05) is 19.3 Å². The number of carbonyl (C=O) groups is 1. The average Bonchev–Trinajstić information content (AvgIpc) is 2.65. The van der Waals surface area contributed by atoms with E-state index in [-0.39, 0.29) is 5.91 Å². The number of nitrogens with zero attached hydrogens (tertiary/aromatic N) is 2. The summed E-state index contributed by atoms with van der Waals surface area (Å²) in [5.74, 6) is 0.0948. The van der Waals surface area contributed by atoms with Gasteiger partial charge in [0.2, 0.25) is 0 Å². The highest BCUT2D eigenvalue weighted by molar-refractivity contribution is 8.03. The molecule has 13 heavy (non-hydrogen) atoms. The summed E-state index contributed by atoms with van der Waals surface area (Å²) in [5.41, 5.74) is 0. The number of thioether (sulfide) groups is 1. The van der Waals surface area contributed by atoms with Crippen LogP contribution in [0.2, 0.25) is 0 Å². The molecule has 0 atom stereocenters. The van der Waals surface area contributed by atoms with E-state index < -0.39 is 0 Å². The summed E-state index contributed by atoms with van der Waals surface area (Å²) in [6.45, 7) is 5.11. The second kappa shape index (κ2) is 5.07. The molecule has 4 heteroatoms. The second-order valence-corrected chi connectivity index (χ2v) is 3.73. The van der Waals surface area contributed by atoms with Gasteiger partial charge in [0, 0.05) is 19.3 Å². The van der Waals surface area contributed by atoms with Crippen molar-refractivity contribution in [3.05, 3.63) is 11.1 Å². The van der Waals surface area contributed by atoms with Crippen LogP contribution in [-0.4, -0.2) is 36.9 Å². The third-order valence-electron chi connectivity index (χ3n) is 2.03. The summed E-state index contributed by atoms with van der Waals surface area (Å²) in [6, 6.07) is 0. The molecular formula is C9H14N2OS. The van der Waals surface area contributed by atoms with Gasteiger partial charge in [0.15, 0.2) is 0 Å². The van der Waals surface area contributed by atoms with Gasteiger partial charge in [0.05, 0.1) is 4.91 Å². The van der Waals surface area contributed by atoms with E-state index >= 15 is 0 Å². The van der Waals surface area contributed by atoms with Gasteiger partial charge in [-0.05, 0) is 25.8 Å². The summed E-state index contributed by atoms with van der Waals surface area (Å²) >= 11 is 1.43. The van der Waals surface area contributed by atoms with Crippen LogP contribution in [0, 0.1) is 0 Å². The highest BCUT2D eigenvalue weighted by Gasteiger charge is 2.20. The third-order valence-corrected chi connectivity index (χ3v) is 2.75. The fourth-order valence-electron chi connectivity index (χ4n) is 1.35. The summed E-state index contributed by atoms with van der Waals surface area (Å²) in [5, 5.41) is 0. The molecule has 1 heterocycles.